The lowest BCUT2D eigenvalue weighted by molar-refractivity contribution is -0.134. The predicted molar refractivity (Wildman–Crippen MR) is 97.7 cm³/mol. The first-order valence-electron chi connectivity index (χ1n) is 7.54. The molecule has 2 heterocycles. The predicted octanol–water partition coefficient (Wildman–Crippen LogP) is 0.105. The van der Waals surface area contributed by atoms with E-state index < -0.39 is 37.0 Å². The number of carboxylic acids is 2. The molecule has 1 aliphatic rings. The highest BCUT2D eigenvalue weighted by Crippen LogP contribution is 2.35. The molecule has 0 fully saturated rings. The molecule has 1 aromatic rings. The summed E-state index contributed by atoms with van der Waals surface area (Å²) in [6.45, 7) is 5.17. The molecule has 0 aromatic carbocycles. The van der Waals surface area contributed by atoms with Crippen molar-refractivity contribution in [2.75, 3.05) is 13.1 Å². The highest BCUT2D eigenvalue weighted by Gasteiger charge is 2.34. The maximum Gasteiger partial charge on any atom is 0.328 e. The summed E-state index contributed by atoms with van der Waals surface area (Å²) in [5.41, 5.74) is 0.528. The lowest BCUT2D eigenvalue weighted by Gasteiger charge is -2.19. The smallest absolute Gasteiger partial charge is 0.328 e. The third-order valence-corrected chi connectivity index (χ3v) is 8.87. The van der Waals surface area contributed by atoms with Crippen molar-refractivity contribution in [1.29, 1.82) is 0 Å². The van der Waals surface area contributed by atoms with Crippen molar-refractivity contribution in [2.24, 2.45) is 5.14 Å². The van der Waals surface area contributed by atoms with E-state index in [4.69, 9.17) is 15.4 Å². The second-order valence-corrected chi connectivity index (χ2v) is 11.0. The average molecular weight is 441 g/mol. The number of thiophene rings is 1. The normalized spacial score (nSPS) is 19.6. The number of sulfone groups is 1. The molecule has 0 aliphatic carbocycles. The maximum atomic E-state index is 12.4. The number of hydrogen-bond acceptors (Lipinski definition) is 8. The van der Waals surface area contributed by atoms with E-state index in [1.54, 1.807) is 6.92 Å². The minimum Gasteiger partial charge on any atom is -0.478 e. The van der Waals surface area contributed by atoms with Gasteiger partial charge in [-0.15, -0.1) is 11.3 Å². The Bertz CT molecular complexity index is 931. The van der Waals surface area contributed by atoms with E-state index in [1.165, 1.54) is 6.07 Å². The topological polar surface area (TPSA) is 172 Å². The Balaban J connectivity index is 0.000000387. The van der Waals surface area contributed by atoms with E-state index in [-0.39, 0.29) is 8.42 Å². The van der Waals surface area contributed by atoms with Gasteiger partial charge in [-0.05, 0) is 25.1 Å². The van der Waals surface area contributed by atoms with Crippen molar-refractivity contribution in [3.05, 3.63) is 23.8 Å². The van der Waals surface area contributed by atoms with Crippen LogP contribution in [0.25, 0.3) is 0 Å². The van der Waals surface area contributed by atoms with E-state index in [0.717, 1.165) is 11.3 Å². The summed E-state index contributed by atoms with van der Waals surface area (Å²) in [4.78, 5) is 21.1. The van der Waals surface area contributed by atoms with Gasteiger partial charge >= 0.3 is 11.9 Å². The zero-order chi connectivity index (χ0) is 21.0. The molecule has 1 aromatic heterocycles. The van der Waals surface area contributed by atoms with Crippen LogP contribution in [-0.2, 0) is 36.0 Å². The number of rotatable bonds is 4. The Morgan fingerprint density at radius 3 is 2.26 bits per heavy atom. The maximum absolute atomic E-state index is 12.4. The van der Waals surface area contributed by atoms with Gasteiger partial charge in [-0.3, -0.25) is 4.90 Å². The molecule has 0 amide bonds. The van der Waals surface area contributed by atoms with E-state index in [9.17, 15) is 26.4 Å². The first-order chi connectivity index (χ1) is 12.3. The van der Waals surface area contributed by atoms with Crippen LogP contribution >= 0.6 is 11.3 Å². The van der Waals surface area contributed by atoms with Crippen LogP contribution < -0.4 is 5.14 Å². The highest BCUT2D eigenvalue weighted by molar-refractivity contribution is 7.95. The Hall–Kier alpha value is -1.80. The number of aliphatic carboxylic acids is 2. The molecular formula is C14H20N2O8S3. The van der Waals surface area contributed by atoms with Gasteiger partial charge in [-0.2, -0.15) is 0 Å². The Kier molecular flexibility index (Phi) is 7.68. The van der Waals surface area contributed by atoms with Crippen LogP contribution in [0.2, 0.25) is 0 Å². The van der Waals surface area contributed by atoms with Crippen LogP contribution in [0.1, 0.15) is 19.4 Å². The standard InChI is InChI=1S/C10H16N2O4S3.C4H4O4/c1-3-12-5-7(2)18(13,14)10-8(6-12)4-9(17-10)19(11,15)16;5-3(6)1-2-4(7)8/h4,7H,3,5-6H2,1-2H3,(H2,11,15,16);1-2H,(H,5,6)(H,7,8)/b;2-1-. The molecule has 1 atom stereocenters. The van der Waals surface area contributed by atoms with Crippen LogP contribution in [0.3, 0.4) is 0 Å². The fraction of sp³-hybridized carbons (Fsp3) is 0.429. The number of primary sulfonamides is 1. The second kappa shape index (κ2) is 8.93. The van der Waals surface area contributed by atoms with Crippen molar-refractivity contribution in [1.82, 2.24) is 4.90 Å². The van der Waals surface area contributed by atoms with Crippen LogP contribution in [0.15, 0.2) is 26.6 Å². The van der Waals surface area contributed by atoms with Crippen LogP contribution in [0.4, 0.5) is 0 Å². The highest BCUT2D eigenvalue weighted by atomic mass is 32.3. The van der Waals surface area contributed by atoms with Crippen molar-refractivity contribution in [3.8, 4) is 0 Å². The Morgan fingerprint density at radius 2 is 1.85 bits per heavy atom. The molecule has 0 saturated carbocycles. The van der Waals surface area contributed by atoms with Gasteiger partial charge in [0.2, 0.25) is 10.0 Å². The minimum absolute atomic E-state index is 0.0915. The molecule has 0 radical (unpaired) electrons. The second-order valence-electron chi connectivity index (χ2n) is 5.62. The zero-order valence-corrected chi connectivity index (χ0v) is 17.0. The lowest BCUT2D eigenvalue weighted by Crippen LogP contribution is -2.31. The molecular weight excluding hydrogens is 420 g/mol. The number of hydrogen-bond donors (Lipinski definition) is 3. The minimum atomic E-state index is -3.87. The van der Waals surface area contributed by atoms with Gasteiger partial charge < -0.3 is 10.2 Å². The molecule has 152 valence electrons. The summed E-state index contributed by atoms with van der Waals surface area (Å²) in [6.07, 6.45) is 1.12. The van der Waals surface area contributed by atoms with Crippen LogP contribution in [0.5, 0.6) is 0 Å². The van der Waals surface area contributed by atoms with Gasteiger partial charge in [0, 0.05) is 25.2 Å². The van der Waals surface area contributed by atoms with Crippen molar-refractivity contribution < 1.29 is 36.6 Å². The SMILES string of the molecule is CCN1Cc2cc(S(N)(=O)=O)sc2S(=O)(=O)C(C)C1.O=C(O)/C=C\C(=O)O. The molecule has 1 unspecified atom stereocenters. The largest absolute Gasteiger partial charge is 0.478 e. The molecule has 0 saturated heterocycles. The average Bonchev–Trinajstić information content (AvgIpc) is 2.94. The summed E-state index contributed by atoms with van der Waals surface area (Å²) in [5, 5.41) is 20.1. The summed E-state index contributed by atoms with van der Waals surface area (Å²) in [5.74, 6) is -2.51. The van der Waals surface area contributed by atoms with Gasteiger partial charge in [-0.1, -0.05) is 6.92 Å². The number of carbonyl (C=O) groups is 2. The van der Waals surface area contributed by atoms with Crippen molar-refractivity contribution >= 4 is 43.1 Å². The van der Waals surface area contributed by atoms with E-state index in [0.29, 0.717) is 37.3 Å². The monoisotopic (exact) mass is 440 g/mol. The van der Waals surface area contributed by atoms with E-state index >= 15 is 0 Å². The lowest BCUT2D eigenvalue weighted by atomic mass is 10.3. The molecule has 4 N–H and O–H groups in total. The Morgan fingerprint density at radius 1 is 1.33 bits per heavy atom. The van der Waals surface area contributed by atoms with Gasteiger partial charge in [0.05, 0.1) is 5.25 Å². The molecule has 0 bridgehead atoms. The summed E-state index contributed by atoms with van der Waals surface area (Å²) in [7, 11) is -7.35. The van der Waals surface area contributed by atoms with Gasteiger partial charge in [0.25, 0.3) is 0 Å². The third-order valence-electron chi connectivity index (χ3n) is 3.54. The summed E-state index contributed by atoms with van der Waals surface area (Å²) in [6, 6.07) is 1.38. The molecule has 13 heteroatoms. The number of fused-ring (bicyclic) bond motifs is 1. The molecule has 27 heavy (non-hydrogen) atoms. The van der Waals surface area contributed by atoms with E-state index in [1.807, 2.05) is 11.8 Å². The molecule has 1 aliphatic heterocycles. The molecule has 2 rings (SSSR count). The number of carboxylic acid groups (broad SMARTS) is 2. The van der Waals surface area contributed by atoms with Crippen molar-refractivity contribution in [3.63, 3.8) is 0 Å². The molecule has 10 nitrogen and oxygen atoms in total. The first-order valence-corrected chi connectivity index (χ1v) is 11.5. The Labute approximate surface area is 160 Å². The van der Waals surface area contributed by atoms with Crippen molar-refractivity contribution in [2.45, 2.75) is 34.1 Å². The van der Waals surface area contributed by atoms with Crippen LogP contribution in [-0.4, -0.2) is 62.2 Å². The number of nitrogens with zero attached hydrogens (tertiary/aromatic N) is 1. The third kappa shape index (κ3) is 6.39. The summed E-state index contributed by atoms with van der Waals surface area (Å²) < 4.78 is 47.5. The van der Waals surface area contributed by atoms with Gasteiger partial charge in [0.15, 0.2) is 9.84 Å². The van der Waals surface area contributed by atoms with E-state index in [2.05, 4.69) is 0 Å². The zero-order valence-electron chi connectivity index (χ0n) is 14.5. The fourth-order valence-corrected chi connectivity index (χ4v) is 6.52. The summed E-state index contributed by atoms with van der Waals surface area (Å²) >= 11 is 0.751. The number of nitrogens with two attached hydrogens (primary N) is 1. The molecule has 0 spiro atoms. The quantitative estimate of drug-likeness (QED) is 0.549. The first kappa shape index (κ1) is 23.2. The number of sulfonamides is 1. The fourth-order valence-electron chi connectivity index (χ4n) is 2.21. The van der Waals surface area contributed by atoms with Gasteiger partial charge in [0.1, 0.15) is 8.42 Å². The van der Waals surface area contributed by atoms with Crippen LogP contribution in [0, 0.1) is 0 Å². The van der Waals surface area contributed by atoms with Gasteiger partial charge in [-0.25, -0.2) is 31.6 Å².